The van der Waals surface area contributed by atoms with Crippen LogP contribution in [0.15, 0.2) is 22.7 Å². The minimum absolute atomic E-state index is 0.336. The first kappa shape index (κ1) is 16.3. The minimum atomic E-state index is 0.336. The third-order valence-corrected chi connectivity index (χ3v) is 5.22. The van der Waals surface area contributed by atoms with Gasteiger partial charge in [0.1, 0.15) is 0 Å². The highest BCUT2D eigenvalue weighted by Crippen LogP contribution is 2.34. The average Bonchev–Trinajstić information content (AvgIpc) is 2.48. The lowest BCUT2D eigenvalue weighted by molar-refractivity contribution is 0.0605. The van der Waals surface area contributed by atoms with E-state index in [9.17, 15) is 0 Å². The van der Waals surface area contributed by atoms with E-state index < -0.39 is 0 Å². The zero-order chi connectivity index (χ0) is 14.4. The van der Waals surface area contributed by atoms with E-state index >= 15 is 0 Å². The van der Waals surface area contributed by atoms with Crippen molar-refractivity contribution in [2.75, 3.05) is 19.8 Å². The molecule has 1 fully saturated rings. The number of nitrogens with one attached hydrogen (secondary N) is 1. The number of ether oxygens (including phenoxy) is 1. The summed E-state index contributed by atoms with van der Waals surface area (Å²) in [6.45, 7) is 5.02. The molecule has 1 saturated heterocycles. The molecule has 0 saturated carbocycles. The maximum atomic E-state index is 6.47. The lowest BCUT2D eigenvalue weighted by Crippen LogP contribution is -2.27. The molecule has 4 heteroatoms. The summed E-state index contributed by atoms with van der Waals surface area (Å²) in [5, 5.41) is 4.50. The highest BCUT2D eigenvalue weighted by atomic mass is 79.9. The van der Waals surface area contributed by atoms with Crippen molar-refractivity contribution < 1.29 is 4.74 Å². The van der Waals surface area contributed by atoms with Gasteiger partial charge < -0.3 is 10.1 Å². The lowest BCUT2D eigenvalue weighted by atomic mass is 9.89. The van der Waals surface area contributed by atoms with Crippen LogP contribution >= 0.6 is 27.5 Å². The highest BCUT2D eigenvalue weighted by Gasteiger charge is 2.22. The maximum absolute atomic E-state index is 6.47. The van der Waals surface area contributed by atoms with Crippen LogP contribution in [-0.2, 0) is 4.74 Å². The molecule has 1 aliphatic heterocycles. The van der Waals surface area contributed by atoms with Gasteiger partial charge in [-0.3, -0.25) is 0 Å². The first-order valence-electron chi connectivity index (χ1n) is 7.47. The van der Waals surface area contributed by atoms with E-state index in [1.54, 1.807) is 0 Å². The average molecular weight is 361 g/mol. The number of rotatable bonds is 6. The molecular weight excluding hydrogens is 338 g/mol. The molecule has 112 valence electrons. The van der Waals surface area contributed by atoms with Crippen LogP contribution in [-0.4, -0.2) is 19.8 Å². The van der Waals surface area contributed by atoms with E-state index in [1.807, 2.05) is 6.07 Å². The topological polar surface area (TPSA) is 21.3 Å². The van der Waals surface area contributed by atoms with E-state index in [2.05, 4.69) is 40.3 Å². The van der Waals surface area contributed by atoms with E-state index in [0.717, 1.165) is 60.9 Å². The van der Waals surface area contributed by atoms with Crippen LogP contribution in [0.2, 0.25) is 5.02 Å². The van der Waals surface area contributed by atoms with Crippen LogP contribution in [0.5, 0.6) is 0 Å². The molecule has 0 aromatic heterocycles. The predicted molar refractivity (Wildman–Crippen MR) is 88.3 cm³/mol. The van der Waals surface area contributed by atoms with Gasteiger partial charge in [-0.15, -0.1) is 0 Å². The largest absolute Gasteiger partial charge is 0.381 e. The van der Waals surface area contributed by atoms with Crippen LogP contribution in [0, 0.1) is 5.92 Å². The Bertz CT molecular complexity index is 421. The number of halogens is 2. The summed E-state index contributed by atoms with van der Waals surface area (Å²) in [6.07, 6.45) is 4.60. The number of hydrogen-bond donors (Lipinski definition) is 1. The SMILES string of the molecule is CCCNC(CC1CCOCC1)c1cccc(Br)c1Cl. The molecule has 1 atom stereocenters. The van der Waals surface area contributed by atoms with Gasteiger partial charge in [-0.2, -0.15) is 0 Å². The molecule has 1 aromatic rings. The zero-order valence-electron chi connectivity index (χ0n) is 12.0. The molecular formula is C16H23BrClNO. The first-order valence-corrected chi connectivity index (χ1v) is 8.64. The Hall–Kier alpha value is -0.0900. The zero-order valence-corrected chi connectivity index (χ0v) is 14.3. The Morgan fingerprint density at radius 3 is 2.85 bits per heavy atom. The van der Waals surface area contributed by atoms with Crippen molar-refractivity contribution in [3.8, 4) is 0 Å². The molecule has 0 bridgehead atoms. The second-order valence-electron chi connectivity index (χ2n) is 5.44. The van der Waals surface area contributed by atoms with Gasteiger partial charge in [0, 0.05) is 23.7 Å². The smallest absolute Gasteiger partial charge is 0.0595 e. The van der Waals surface area contributed by atoms with Crippen LogP contribution in [0.3, 0.4) is 0 Å². The summed E-state index contributed by atoms with van der Waals surface area (Å²) in [7, 11) is 0. The summed E-state index contributed by atoms with van der Waals surface area (Å²) < 4.78 is 6.44. The van der Waals surface area contributed by atoms with Gasteiger partial charge in [0.15, 0.2) is 0 Å². The van der Waals surface area contributed by atoms with Crippen LogP contribution in [0.4, 0.5) is 0 Å². The fourth-order valence-electron chi connectivity index (χ4n) is 2.74. The summed E-state index contributed by atoms with van der Waals surface area (Å²) in [5.41, 5.74) is 1.21. The number of hydrogen-bond acceptors (Lipinski definition) is 2. The third kappa shape index (κ3) is 4.45. The maximum Gasteiger partial charge on any atom is 0.0595 e. The van der Waals surface area contributed by atoms with Crippen molar-refractivity contribution in [1.82, 2.24) is 5.32 Å². The predicted octanol–water partition coefficient (Wildman–Crippen LogP) is 4.96. The van der Waals surface area contributed by atoms with Gasteiger partial charge in [-0.1, -0.05) is 30.7 Å². The van der Waals surface area contributed by atoms with Gasteiger partial charge in [-0.25, -0.2) is 0 Å². The lowest BCUT2D eigenvalue weighted by Gasteiger charge is -2.28. The van der Waals surface area contributed by atoms with Gasteiger partial charge in [0.25, 0.3) is 0 Å². The second kappa shape index (κ2) is 8.38. The molecule has 0 aliphatic carbocycles. The van der Waals surface area contributed by atoms with E-state index in [4.69, 9.17) is 16.3 Å². The van der Waals surface area contributed by atoms with Crippen molar-refractivity contribution in [2.45, 2.75) is 38.6 Å². The Labute approximate surface area is 135 Å². The summed E-state index contributed by atoms with van der Waals surface area (Å²) >= 11 is 10.0. The van der Waals surface area contributed by atoms with Gasteiger partial charge in [0.05, 0.1) is 5.02 Å². The highest BCUT2D eigenvalue weighted by molar-refractivity contribution is 9.10. The minimum Gasteiger partial charge on any atom is -0.381 e. The van der Waals surface area contributed by atoms with Crippen molar-refractivity contribution in [3.05, 3.63) is 33.3 Å². The fraction of sp³-hybridized carbons (Fsp3) is 0.625. The summed E-state index contributed by atoms with van der Waals surface area (Å²) in [6, 6.07) is 6.54. The van der Waals surface area contributed by atoms with Gasteiger partial charge in [-0.05, 0) is 65.7 Å². The molecule has 0 amide bonds. The van der Waals surface area contributed by atoms with Crippen molar-refractivity contribution in [2.24, 2.45) is 5.92 Å². The van der Waals surface area contributed by atoms with E-state index in [0.29, 0.717) is 6.04 Å². The van der Waals surface area contributed by atoms with E-state index in [1.165, 1.54) is 5.56 Å². The van der Waals surface area contributed by atoms with Gasteiger partial charge >= 0.3 is 0 Å². The molecule has 0 spiro atoms. The second-order valence-corrected chi connectivity index (χ2v) is 6.67. The molecule has 0 radical (unpaired) electrons. The monoisotopic (exact) mass is 359 g/mol. The van der Waals surface area contributed by atoms with Gasteiger partial charge in [0.2, 0.25) is 0 Å². The standard InChI is InChI=1S/C16H23BrClNO/c1-2-8-19-15(11-12-6-9-20-10-7-12)13-4-3-5-14(17)16(13)18/h3-5,12,15,19H,2,6-11H2,1H3. The third-order valence-electron chi connectivity index (χ3n) is 3.91. The molecule has 2 rings (SSSR count). The first-order chi connectivity index (χ1) is 9.72. The molecule has 1 aliphatic rings. The number of benzene rings is 1. The molecule has 20 heavy (non-hydrogen) atoms. The summed E-state index contributed by atoms with van der Waals surface area (Å²) in [5.74, 6) is 0.730. The Kier molecular flexibility index (Phi) is 6.82. The van der Waals surface area contributed by atoms with Crippen molar-refractivity contribution in [1.29, 1.82) is 0 Å². The van der Waals surface area contributed by atoms with Crippen LogP contribution in [0.25, 0.3) is 0 Å². The van der Waals surface area contributed by atoms with Crippen LogP contribution in [0.1, 0.15) is 44.2 Å². The molecule has 1 unspecified atom stereocenters. The molecule has 2 nitrogen and oxygen atoms in total. The quantitative estimate of drug-likeness (QED) is 0.774. The van der Waals surface area contributed by atoms with E-state index in [-0.39, 0.29) is 0 Å². The normalized spacial score (nSPS) is 18.1. The molecule has 1 N–H and O–H groups in total. The fourth-order valence-corrected chi connectivity index (χ4v) is 3.38. The Morgan fingerprint density at radius 1 is 1.40 bits per heavy atom. The molecule has 1 heterocycles. The Morgan fingerprint density at radius 2 is 2.15 bits per heavy atom. The van der Waals surface area contributed by atoms with Crippen molar-refractivity contribution >= 4 is 27.5 Å². The molecule has 1 aromatic carbocycles. The Balaban J connectivity index is 2.11. The summed E-state index contributed by atoms with van der Waals surface area (Å²) in [4.78, 5) is 0. The van der Waals surface area contributed by atoms with Crippen LogP contribution < -0.4 is 5.32 Å². The van der Waals surface area contributed by atoms with Crippen molar-refractivity contribution in [3.63, 3.8) is 0 Å².